The van der Waals surface area contributed by atoms with E-state index >= 15 is 0 Å². The third-order valence-electron chi connectivity index (χ3n) is 2.03. The van der Waals surface area contributed by atoms with E-state index in [1.807, 2.05) is 0 Å². The van der Waals surface area contributed by atoms with Crippen molar-refractivity contribution in [3.63, 3.8) is 0 Å². The van der Waals surface area contributed by atoms with Gasteiger partial charge in [0.15, 0.2) is 0 Å². The third-order valence-corrected chi connectivity index (χ3v) is 5.06. The molecule has 0 spiro atoms. The maximum absolute atomic E-state index is 11.2. The van der Waals surface area contributed by atoms with Crippen LogP contribution in [-0.2, 0) is 24.4 Å². The molecule has 0 aliphatic carbocycles. The van der Waals surface area contributed by atoms with Crippen molar-refractivity contribution < 1.29 is 25.6 Å². The van der Waals surface area contributed by atoms with Gasteiger partial charge in [-0.25, -0.2) is 0 Å². The second-order valence-corrected chi connectivity index (χ2v) is 7.49. The van der Waals surface area contributed by atoms with E-state index in [4.69, 9.17) is 8.74 Å². The fourth-order valence-electron chi connectivity index (χ4n) is 0.630. The van der Waals surface area contributed by atoms with Crippen LogP contribution in [0.4, 0.5) is 0 Å². The maximum Gasteiger partial charge on any atom is 0.284 e. The summed E-state index contributed by atoms with van der Waals surface area (Å²) in [5.41, 5.74) is -1.01. The van der Waals surface area contributed by atoms with E-state index in [0.717, 1.165) is 0 Å². The molecule has 1 N–H and O–H groups in total. The summed E-state index contributed by atoms with van der Waals surface area (Å²) in [4.78, 5) is 0. The molecule has 0 radical (unpaired) electrons. The van der Waals surface area contributed by atoms with Gasteiger partial charge in [-0.15, -0.1) is 0 Å². The van der Waals surface area contributed by atoms with Gasteiger partial charge in [0, 0.05) is 0 Å². The van der Waals surface area contributed by atoms with Gasteiger partial charge >= 0.3 is 0 Å². The lowest BCUT2D eigenvalue weighted by molar-refractivity contribution is 0.0683. The zero-order valence-corrected chi connectivity index (χ0v) is 10.7. The van der Waals surface area contributed by atoms with Gasteiger partial charge in [0.25, 0.3) is 20.2 Å². The van der Waals surface area contributed by atoms with Crippen LogP contribution in [0, 0.1) is 5.92 Å². The SMILES string of the molecule is CC(C)C(C)(C)OS(=O)(=O)CS(=O)(=O)O. The van der Waals surface area contributed by atoms with Gasteiger partial charge in [0.1, 0.15) is 0 Å². The Kier molecular flexibility index (Phi) is 4.31. The highest BCUT2D eigenvalue weighted by Gasteiger charge is 2.32. The summed E-state index contributed by atoms with van der Waals surface area (Å²) in [5.74, 6) is -0.117. The quantitative estimate of drug-likeness (QED) is 0.574. The Morgan fingerprint density at radius 1 is 1.20 bits per heavy atom. The number of hydrogen-bond acceptors (Lipinski definition) is 5. The molecule has 0 aromatic heterocycles. The molecule has 0 saturated heterocycles. The molecule has 0 saturated carbocycles. The molecule has 0 rings (SSSR count). The molecule has 0 atom stereocenters. The van der Waals surface area contributed by atoms with Crippen LogP contribution >= 0.6 is 0 Å². The first-order valence-electron chi connectivity index (χ1n) is 4.24. The zero-order chi connectivity index (χ0) is 12.5. The monoisotopic (exact) mass is 260 g/mol. The van der Waals surface area contributed by atoms with Crippen LogP contribution in [0.25, 0.3) is 0 Å². The molecule has 0 amide bonds. The highest BCUT2D eigenvalue weighted by atomic mass is 32.3. The number of rotatable bonds is 5. The van der Waals surface area contributed by atoms with Gasteiger partial charge in [-0.3, -0.25) is 8.74 Å². The van der Waals surface area contributed by atoms with Crippen LogP contribution < -0.4 is 0 Å². The minimum Gasteiger partial charge on any atom is -0.285 e. The predicted molar refractivity (Wildman–Crippen MR) is 55.3 cm³/mol. The molecule has 8 heteroatoms. The van der Waals surface area contributed by atoms with Crippen LogP contribution in [0.15, 0.2) is 0 Å². The van der Waals surface area contributed by atoms with Gasteiger partial charge in [-0.2, -0.15) is 16.8 Å². The van der Waals surface area contributed by atoms with E-state index < -0.39 is 30.9 Å². The maximum atomic E-state index is 11.2. The smallest absolute Gasteiger partial charge is 0.284 e. The summed E-state index contributed by atoms with van der Waals surface area (Å²) in [6.07, 6.45) is 0. The van der Waals surface area contributed by atoms with E-state index in [1.54, 1.807) is 13.8 Å². The van der Waals surface area contributed by atoms with Crippen LogP contribution in [-0.4, -0.2) is 32.1 Å². The molecule has 0 fully saturated rings. The molecule has 0 aliphatic rings. The average molecular weight is 260 g/mol. The average Bonchev–Trinajstić information content (AvgIpc) is 1.75. The molecule has 0 bridgehead atoms. The van der Waals surface area contributed by atoms with Crippen molar-refractivity contribution >= 4 is 20.2 Å². The normalized spacial score (nSPS) is 14.5. The lowest BCUT2D eigenvalue weighted by atomic mass is 9.95. The van der Waals surface area contributed by atoms with Gasteiger partial charge in [0.2, 0.25) is 5.08 Å². The van der Waals surface area contributed by atoms with Gasteiger partial charge in [-0.1, -0.05) is 13.8 Å². The molecule has 6 nitrogen and oxygen atoms in total. The predicted octanol–water partition coefficient (Wildman–Crippen LogP) is 0.613. The molecule has 0 aromatic carbocycles. The Hall–Kier alpha value is -0.180. The minimum absolute atomic E-state index is 0.117. The van der Waals surface area contributed by atoms with Crippen LogP contribution in [0.5, 0.6) is 0 Å². The zero-order valence-electron chi connectivity index (χ0n) is 9.09. The van der Waals surface area contributed by atoms with E-state index in [-0.39, 0.29) is 5.92 Å². The summed E-state index contributed by atoms with van der Waals surface area (Å²) >= 11 is 0. The lowest BCUT2D eigenvalue weighted by Gasteiger charge is -2.28. The molecule has 92 valence electrons. The topological polar surface area (TPSA) is 97.7 Å². The summed E-state index contributed by atoms with van der Waals surface area (Å²) in [6, 6.07) is 0. The highest BCUT2D eigenvalue weighted by Crippen LogP contribution is 2.23. The van der Waals surface area contributed by atoms with Crippen LogP contribution in [0.1, 0.15) is 27.7 Å². The van der Waals surface area contributed by atoms with E-state index in [2.05, 4.69) is 0 Å². The molecule has 0 heterocycles. The van der Waals surface area contributed by atoms with Gasteiger partial charge in [-0.05, 0) is 19.8 Å². The van der Waals surface area contributed by atoms with Gasteiger partial charge < -0.3 is 0 Å². The highest BCUT2D eigenvalue weighted by molar-refractivity contribution is 8.03. The van der Waals surface area contributed by atoms with Crippen molar-refractivity contribution in [2.24, 2.45) is 5.92 Å². The number of hydrogen-bond donors (Lipinski definition) is 1. The Morgan fingerprint density at radius 3 is 1.87 bits per heavy atom. The van der Waals surface area contributed by atoms with E-state index in [9.17, 15) is 16.8 Å². The van der Waals surface area contributed by atoms with Crippen molar-refractivity contribution in [3.05, 3.63) is 0 Å². The van der Waals surface area contributed by atoms with E-state index in [0.29, 0.717) is 0 Å². The lowest BCUT2D eigenvalue weighted by Crippen LogP contribution is -2.35. The fourth-order valence-corrected chi connectivity index (χ4v) is 3.13. The standard InChI is InChI=1S/C7H16O6S2/c1-6(2)7(3,4)13-15(11,12)5-14(8,9)10/h6H,5H2,1-4H3,(H,8,9,10). The van der Waals surface area contributed by atoms with Crippen molar-refractivity contribution in [2.75, 3.05) is 5.08 Å². The summed E-state index contributed by atoms with van der Waals surface area (Å²) in [6.45, 7) is 6.53. The van der Waals surface area contributed by atoms with Crippen molar-refractivity contribution in [1.82, 2.24) is 0 Å². The Labute approximate surface area is 90.5 Å². The van der Waals surface area contributed by atoms with Crippen molar-refractivity contribution in [1.29, 1.82) is 0 Å². The van der Waals surface area contributed by atoms with Crippen molar-refractivity contribution in [2.45, 2.75) is 33.3 Å². The summed E-state index contributed by atoms with van der Waals surface area (Å²) in [7, 11) is -8.87. The first-order valence-corrected chi connectivity index (χ1v) is 7.43. The second kappa shape index (κ2) is 4.36. The Morgan fingerprint density at radius 2 is 1.60 bits per heavy atom. The summed E-state index contributed by atoms with van der Waals surface area (Å²) < 4.78 is 56.3. The largest absolute Gasteiger partial charge is 0.285 e. The van der Waals surface area contributed by atoms with Crippen LogP contribution in [0.3, 0.4) is 0 Å². The minimum atomic E-state index is -4.59. The summed E-state index contributed by atoms with van der Waals surface area (Å²) in [5, 5.41) is -1.42. The molecule has 0 unspecified atom stereocenters. The second-order valence-electron chi connectivity index (χ2n) is 4.10. The molecular weight excluding hydrogens is 244 g/mol. The fraction of sp³-hybridized carbons (Fsp3) is 1.00. The van der Waals surface area contributed by atoms with Gasteiger partial charge in [0.05, 0.1) is 5.60 Å². The Balaban J connectivity index is 4.82. The molecule has 0 aliphatic heterocycles. The molecular formula is C7H16O6S2. The Bertz CT molecular complexity index is 403. The molecule has 0 aromatic rings. The first-order chi connectivity index (χ1) is 6.36. The molecule has 15 heavy (non-hydrogen) atoms. The van der Waals surface area contributed by atoms with E-state index in [1.165, 1.54) is 13.8 Å². The van der Waals surface area contributed by atoms with Crippen molar-refractivity contribution in [3.8, 4) is 0 Å². The third kappa shape index (κ3) is 6.08. The van der Waals surface area contributed by atoms with Crippen LogP contribution in [0.2, 0.25) is 0 Å². The first kappa shape index (κ1) is 14.8.